The highest BCUT2D eigenvalue weighted by molar-refractivity contribution is 8.14. The third-order valence-electron chi connectivity index (χ3n) is 11.5. The molecule has 0 atom stereocenters. The van der Waals surface area contributed by atoms with Crippen LogP contribution >= 0.6 is 69.0 Å². The molecule has 25 heteroatoms. The Labute approximate surface area is 530 Å². The summed E-state index contributed by atoms with van der Waals surface area (Å²) in [5.74, 6) is -1.45. The monoisotopic (exact) mass is 1290 g/mol. The Morgan fingerprint density at radius 2 is 1.07 bits per heavy atom. The summed E-state index contributed by atoms with van der Waals surface area (Å²) in [6, 6.07) is 51.7. The number of nitrogens with one attached hydrogen (secondary N) is 1. The van der Waals surface area contributed by atoms with Crippen LogP contribution in [0, 0.1) is 0 Å². The van der Waals surface area contributed by atoms with Gasteiger partial charge in [-0.25, -0.2) is 14.6 Å². The number of aldehydes is 2. The molecule has 1 aliphatic rings. The number of amides is 1. The lowest BCUT2D eigenvalue weighted by molar-refractivity contribution is -0.140. The SMILES string of the molecule is CCOC(=O)CCl.CN(Cc1ccccc1)C1=NC(=O)CS1.CN(Cc1ccccc1)c1nc(Cl)c(C=O)s1.CN(Cc1ccccc1)c1nc(O)c(C=O)s1.CN(Cc1ccccc1)c1nc2oc(=O)c(C(=O)O)cc2s1.CNCc1ccccc1. The molecule has 0 spiro atoms. The van der Waals surface area contributed by atoms with Crippen LogP contribution in [0.15, 0.2) is 172 Å². The summed E-state index contributed by atoms with van der Waals surface area (Å²) in [4.78, 5) is 89.7. The average molecular weight is 1300 g/mol. The number of aromatic carboxylic acids is 1. The summed E-state index contributed by atoms with van der Waals surface area (Å²) >= 11 is 16.2. The second kappa shape index (κ2) is 37.3. The van der Waals surface area contributed by atoms with Crippen LogP contribution in [0.1, 0.15) is 64.4 Å². The van der Waals surface area contributed by atoms with Gasteiger partial charge in [0.1, 0.15) is 21.2 Å². The number of amidine groups is 1. The van der Waals surface area contributed by atoms with Gasteiger partial charge in [-0.15, -0.1) is 11.6 Å². The maximum absolute atomic E-state index is 11.5. The number of benzene rings is 5. The van der Waals surface area contributed by atoms with Crippen molar-refractivity contribution in [1.82, 2.24) is 25.2 Å². The van der Waals surface area contributed by atoms with Gasteiger partial charge in [0.25, 0.3) is 5.91 Å². The molecule has 9 aromatic rings. The first-order valence-electron chi connectivity index (χ1n) is 26.5. The van der Waals surface area contributed by atoms with E-state index in [2.05, 4.69) is 54.3 Å². The molecule has 0 fully saturated rings. The normalized spacial score (nSPS) is 11.0. The number of carboxylic acids is 1. The Balaban J connectivity index is 0.000000197. The highest BCUT2D eigenvalue weighted by Crippen LogP contribution is 2.31. The number of esters is 1. The molecule has 0 unspecified atom stereocenters. The van der Waals surface area contributed by atoms with Crippen LogP contribution in [0.25, 0.3) is 10.4 Å². The second-order valence-corrected chi connectivity index (χ2v) is 23.0. The van der Waals surface area contributed by atoms with E-state index in [1.54, 1.807) is 6.92 Å². The molecule has 0 bridgehead atoms. The molecule has 0 radical (unpaired) electrons. The first-order chi connectivity index (χ1) is 41.9. The molecule has 3 N–H and O–H groups in total. The van der Waals surface area contributed by atoms with Gasteiger partial charge in [0.15, 0.2) is 38.3 Å². The standard InChI is InChI=1S/C15H12N2O4S.C12H11ClN2OS.C12H12N2O2S.C11H12N2OS.C8H11N.C4H7ClO2/c1-17(8-9-5-3-2-4-6-9)15-16-12-11(22-15)7-10(13(18)19)14(20)21-12;1-15(7-9-5-3-2-4-6-9)12-14-11(13)10(8-16)17-12;1-14(7-9-5-3-2-4-6-9)12-13-11(16)10(8-15)17-12;1-13(11-12-10(14)8-15-11)7-9-5-3-2-4-6-9;1-9-7-8-5-3-2-4-6-8;1-2-7-4(6)3-5/h2-7H,8H2,1H3,(H,18,19);2-6,8H,7H2,1H3;2-6,8,16H,7H2,1H3;2-6H,7-8H2,1H3;2-6,9H,7H2,1H3;2-3H2,1H3. The summed E-state index contributed by atoms with van der Waals surface area (Å²) in [6.07, 6.45) is 1.35. The van der Waals surface area contributed by atoms with E-state index in [1.165, 1.54) is 68.5 Å². The number of carbonyl (C=O) groups is 5. The largest absolute Gasteiger partial charge is 0.492 e. The number of thiazole rings is 3. The van der Waals surface area contributed by atoms with Crippen LogP contribution in [-0.4, -0.2) is 119 Å². The Morgan fingerprint density at radius 1 is 0.644 bits per heavy atom. The van der Waals surface area contributed by atoms with Crippen molar-refractivity contribution in [2.45, 2.75) is 39.6 Å². The van der Waals surface area contributed by atoms with Gasteiger partial charge >= 0.3 is 17.6 Å². The van der Waals surface area contributed by atoms with Crippen LogP contribution in [0.3, 0.4) is 0 Å². The first-order valence-corrected chi connectivity index (χ1v) is 30.9. The number of hydrogen-bond donors (Lipinski definition) is 3. The number of thioether (sulfide) groups is 1. The molecule has 456 valence electrons. The summed E-state index contributed by atoms with van der Waals surface area (Å²) in [6.45, 7) is 5.97. The van der Waals surface area contributed by atoms with Gasteiger partial charge < -0.3 is 44.3 Å². The van der Waals surface area contributed by atoms with E-state index in [0.717, 1.165) is 47.3 Å². The number of aliphatic imine (C=N–C) groups is 1. The van der Waals surface area contributed by atoms with E-state index >= 15 is 0 Å². The number of halogens is 2. The number of carbonyl (C=O) groups excluding carboxylic acids is 4. The number of aromatic hydroxyl groups is 1. The van der Waals surface area contributed by atoms with Gasteiger partial charge in [-0.1, -0.05) is 209 Å². The molecule has 0 aliphatic carbocycles. The Bertz CT molecular complexity index is 3560. The number of alkyl halides is 1. The van der Waals surface area contributed by atoms with E-state index in [9.17, 15) is 33.9 Å². The summed E-state index contributed by atoms with van der Waals surface area (Å²) < 4.78 is 9.93. The number of fused-ring (bicyclic) bond motifs is 1. The minimum Gasteiger partial charge on any atom is -0.492 e. The maximum atomic E-state index is 11.5. The first kappa shape index (κ1) is 69.5. The number of hydrogen-bond acceptors (Lipinski definition) is 21. The Hall–Kier alpha value is -8.29. The van der Waals surface area contributed by atoms with Crippen molar-refractivity contribution >= 4 is 130 Å². The predicted octanol–water partition coefficient (Wildman–Crippen LogP) is 12.1. The van der Waals surface area contributed by atoms with Crippen LogP contribution in [-0.2, 0) is 47.0 Å². The Kier molecular flexibility index (Phi) is 29.8. The third kappa shape index (κ3) is 23.8. The van der Waals surface area contributed by atoms with Crippen LogP contribution < -0.4 is 25.6 Å². The summed E-state index contributed by atoms with van der Waals surface area (Å²) in [5, 5.41) is 24.6. The molecule has 0 saturated heterocycles. The van der Waals surface area contributed by atoms with Crippen LogP contribution in [0.2, 0.25) is 5.15 Å². The zero-order valence-corrected chi connectivity index (χ0v) is 53.2. The minimum atomic E-state index is -1.30. The van der Waals surface area contributed by atoms with E-state index in [4.69, 9.17) is 32.7 Å². The number of anilines is 3. The fourth-order valence-corrected chi connectivity index (χ4v) is 10.9. The molecular formula is C62H65Cl2N9O10S4. The van der Waals surface area contributed by atoms with Crippen molar-refractivity contribution in [2.75, 3.05) is 68.2 Å². The fourth-order valence-electron chi connectivity index (χ4n) is 7.40. The van der Waals surface area contributed by atoms with Gasteiger partial charge in [0.05, 0.1) is 17.1 Å². The molecule has 4 aromatic heterocycles. The summed E-state index contributed by atoms with van der Waals surface area (Å²) in [5.41, 5.74) is 4.91. The van der Waals surface area contributed by atoms with Crippen LogP contribution in [0.4, 0.5) is 15.4 Å². The lowest BCUT2D eigenvalue weighted by Crippen LogP contribution is -2.22. The van der Waals surface area contributed by atoms with Gasteiger partial charge in [0, 0.05) is 60.9 Å². The Morgan fingerprint density at radius 3 is 1.44 bits per heavy atom. The number of nitrogens with zero attached hydrogens (tertiary/aromatic N) is 8. The molecule has 5 aromatic carbocycles. The number of carboxylic acid groups (broad SMARTS) is 1. The summed E-state index contributed by atoms with van der Waals surface area (Å²) in [7, 11) is 9.59. The van der Waals surface area contributed by atoms with Gasteiger partial charge in [-0.3, -0.25) is 19.2 Å². The topological polar surface area (TPSA) is 241 Å². The van der Waals surface area contributed by atoms with Crippen LogP contribution in [0.5, 0.6) is 5.88 Å². The fraction of sp³-hybridized carbons (Fsp3) is 0.226. The predicted molar refractivity (Wildman–Crippen MR) is 352 cm³/mol. The van der Waals surface area contributed by atoms with Crippen molar-refractivity contribution in [3.8, 4) is 5.88 Å². The highest BCUT2D eigenvalue weighted by atomic mass is 35.5. The van der Waals surface area contributed by atoms with Crippen molar-refractivity contribution in [3.63, 3.8) is 0 Å². The van der Waals surface area contributed by atoms with Crippen molar-refractivity contribution < 1.29 is 43.3 Å². The molecule has 1 amide bonds. The smallest absolute Gasteiger partial charge is 0.352 e. The zero-order valence-electron chi connectivity index (χ0n) is 48.4. The number of ether oxygens (including phenoxy) is 1. The quantitative estimate of drug-likeness (QED) is 0.0411. The molecular weight excluding hydrogens is 1230 g/mol. The second-order valence-electron chi connectivity index (χ2n) is 18.4. The van der Waals surface area contributed by atoms with Crippen molar-refractivity contribution in [1.29, 1.82) is 0 Å². The van der Waals surface area contributed by atoms with Gasteiger partial charge in [-0.05, 0) is 47.9 Å². The van der Waals surface area contributed by atoms with Crippen molar-refractivity contribution in [2.24, 2.45) is 4.99 Å². The molecule has 10 rings (SSSR count). The van der Waals surface area contributed by atoms with Gasteiger partial charge in [0.2, 0.25) is 11.6 Å². The highest BCUT2D eigenvalue weighted by Gasteiger charge is 2.20. The molecule has 87 heavy (non-hydrogen) atoms. The molecule has 19 nitrogen and oxygen atoms in total. The van der Waals surface area contributed by atoms with E-state index < -0.39 is 11.6 Å². The zero-order chi connectivity index (χ0) is 63.1. The lowest BCUT2D eigenvalue weighted by Gasteiger charge is -2.17. The molecule has 1 aliphatic heterocycles. The molecule has 5 heterocycles. The number of aromatic nitrogens is 3. The molecule has 0 saturated carbocycles. The van der Waals surface area contributed by atoms with E-state index in [-0.39, 0.29) is 44.9 Å². The van der Waals surface area contributed by atoms with Crippen molar-refractivity contribution in [3.05, 3.63) is 216 Å². The average Bonchev–Trinajstić information content (AvgIpc) is 3.07. The van der Waals surface area contributed by atoms with Gasteiger partial charge in [-0.2, -0.15) is 15.0 Å². The van der Waals surface area contributed by atoms with E-state index in [0.29, 0.717) is 51.6 Å². The number of rotatable bonds is 18. The maximum Gasteiger partial charge on any atom is 0.352 e. The lowest BCUT2D eigenvalue weighted by atomic mass is 10.2. The third-order valence-corrected chi connectivity index (χ3v) is 16.4. The van der Waals surface area contributed by atoms with E-state index in [1.807, 2.05) is 182 Å². The minimum absolute atomic E-state index is 0.0325.